The lowest BCUT2D eigenvalue weighted by molar-refractivity contribution is -0.151. The van der Waals surface area contributed by atoms with Gasteiger partial charge in [-0.2, -0.15) is 0 Å². The average molecular weight is 663 g/mol. The summed E-state index contributed by atoms with van der Waals surface area (Å²) in [5.41, 5.74) is 0.960. The predicted molar refractivity (Wildman–Crippen MR) is 186 cm³/mol. The molecule has 0 fully saturated rings. The number of methoxy groups -OCH3 is 1. The topological polar surface area (TPSA) is 103 Å². The van der Waals surface area contributed by atoms with Gasteiger partial charge in [-0.05, 0) is 63.0 Å². The molecule has 0 spiro atoms. The summed E-state index contributed by atoms with van der Waals surface area (Å²) >= 11 is 6.08. The molecule has 0 aromatic rings. The molecule has 45 heavy (non-hydrogen) atoms. The summed E-state index contributed by atoms with van der Waals surface area (Å²) < 4.78 is 17.0. The minimum absolute atomic E-state index is 0.00201. The lowest BCUT2D eigenvalue weighted by Crippen LogP contribution is -2.48. The van der Waals surface area contributed by atoms with Crippen molar-refractivity contribution in [3.05, 3.63) is 71.2 Å². The molecular formula is C35H55ClN2O6Si. The first-order chi connectivity index (χ1) is 20.9. The van der Waals surface area contributed by atoms with Crippen LogP contribution in [-0.2, 0) is 28.3 Å². The van der Waals surface area contributed by atoms with Gasteiger partial charge in [0.15, 0.2) is 14.1 Å². The molecule has 2 N–H and O–H groups in total. The number of cyclic esters (lactones) is 1. The number of esters is 1. The van der Waals surface area contributed by atoms with Crippen LogP contribution < -0.4 is 10.6 Å². The Balaban J connectivity index is 2.71. The zero-order valence-corrected chi connectivity index (χ0v) is 30.8. The summed E-state index contributed by atoms with van der Waals surface area (Å²) in [4.78, 5) is 37.5. The van der Waals surface area contributed by atoms with Crippen molar-refractivity contribution in [2.45, 2.75) is 111 Å². The molecule has 1 heterocycles. The molecule has 4 atom stereocenters. The first-order valence-electron chi connectivity index (χ1n) is 15.6. The van der Waals surface area contributed by atoms with Crippen LogP contribution in [-0.4, -0.2) is 51.5 Å². The number of carbonyl (C=O) groups is 3. The zero-order valence-electron chi connectivity index (χ0n) is 29.0. The number of halogens is 1. The Hall–Kier alpha value is -2.88. The molecule has 0 saturated heterocycles. The van der Waals surface area contributed by atoms with E-state index in [1.54, 1.807) is 24.4 Å². The Kier molecular flexibility index (Phi) is 16.9. The average Bonchev–Trinajstić information content (AvgIpc) is 2.93. The van der Waals surface area contributed by atoms with E-state index in [1.807, 2.05) is 58.9 Å². The van der Waals surface area contributed by atoms with Crippen LogP contribution in [0.5, 0.6) is 0 Å². The quantitative estimate of drug-likeness (QED) is 0.0763. The highest BCUT2D eigenvalue weighted by Crippen LogP contribution is 2.38. The van der Waals surface area contributed by atoms with Crippen LogP contribution in [0.4, 0.5) is 0 Å². The molecule has 1 aliphatic rings. The van der Waals surface area contributed by atoms with Gasteiger partial charge in [0.25, 0.3) is 0 Å². The van der Waals surface area contributed by atoms with Crippen LogP contribution in [0.1, 0.15) is 74.7 Å². The first-order valence-corrected chi connectivity index (χ1v) is 18.9. The minimum atomic E-state index is -1.99. The summed E-state index contributed by atoms with van der Waals surface area (Å²) in [6.45, 7) is 20.6. The Labute approximate surface area is 277 Å². The summed E-state index contributed by atoms with van der Waals surface area (Å²) in [6, 6.07) is -0.703. The van der Waals surface area contributed by atoms with Crippen LogP contribution in [0.25, 0.3) is 0 Å². The van der Waals surface area contributed by atoms with Gasteiger partial charge in [-0.1, -0.05) is 95.2 Å². The molecule has 252 valence electrons. The molecule has 0 unspecified atom stereocenters. The van der Waals surface area contributed by atoms with Crippen molar-refractivity contribution in [2.75, 3.05) is 7.11 Å². The number of hydrogen-bond donors (Lipinski definition) is 2. The van der Waals surface area contributed by atoms with Crippen molar-refractivity contribution in [1.82, 2.24) is 10.6 Å². The maximum atomic E-state index is 12.9. The largest absolute Gasteiger partial charge is 0.490 e. The number of carbonyl (C=O) groups excluding carboxylic acids is 3. The summed E-state index contributed by atoms with van der Waals surface area (Å²) in [7, 11) is -0.544. The Morgan fingerprint density at radius 2 is 1.78 bits per heavy atom. The van der Waals surface area contributed by atoms with Crippen molar-refractivity contribution in [3.8, 4) is 0 Å². The lowest BCUT2D eigenvalue weighted by atomic mass is 9.97. The fourth-order valence-corrected chi connectivity index (χ4v) is 5.70. The van der Waals surface area contributed by atoms with Gasteiger partial charge in [-0.25, -0.2) is 4.79 Å². The highest BCUT2D eigenvalue weighted by atomic mass is 35.5. The SMILES string of the molecule is COC1=CC[C@@H]([C@@H](C)/C=C(C)/C=C\C=C/C(=O)N[C@H](C(=O)N/C=C\C[C@@H](C/C=C(\C)Cl)O[Si](C)(C)C(C)(C)C)C(C)C)OC1=O. The highest BCUT2D eigenvalue weighted by Gasteiger charge is 2.38. The molecule has 0 aliphatic carbocycles. The number of hydrogen-bond acceptors (Lipinski definition) is 6. The smallest absolute Gasteiger partial charge is 0.373 e. The normalized spacial score (nSPS) is 19.1. The van der Waals surface area contributed by atoms with Crippen molar-refractivity contribution in [3.63, 3.8) is 0 Å². The van der Waals surface area contributed by atoms with Gasteiger partial charge >= 0.3 is 5.97 Å². The van der Waals surface area contributed by atoms with Gasteiger partial charge in [-0.15, -0.1) is 0 Å². The minimum Gasteiger partial charge on any atom is -0.490 e. The molecule has 0 aromatic heterocycles. The number of ether oxygens (including phenoxy) is 2. The maximum Gasteiger partial charge on any atom is 0.373 e. The fourth-order valence-electron chi connectivity index (χ4n) is 4.23. The fraction of sp³-hybridized carbons (Fsp3) is 0.571. The third-order valence-electron chi connectivity index (χ3n) is 7.96. The van der Waals surface area contributed by atoms with Gasteiger partial charge < -0.3 is 24.5 Å². The zero-order chi connectivity index (χ0) is 34.4. The predicted octanol–water partition coefficient (Wildman–Crippen LogP) is 7.61. The van der Waals surface area contributed by atoms with Gasteiger partial charge in [0.05, 0.1) is 13.2 Å². The van der Waals surface area contributed by atoms with E-state index in [-0.39, 0.29) is 46.7 Å². The van der Waals surface area contributed by atoms with Crippen LogP contribution in [0, 0.1) is 11.8 Å². The highest BCUT2D eigenvalue weighted by molar-refractivity contribution is 6.74. The van der Waals surface area contributed by atoms with Crippen molar-refractivity contribution >= 4 is 37.7 Å². The van der Waals surface area contributed by atoms with Crippen LogP contribution >= 0.6 is 11.6 Å². The molecule has 10 heteroatoms. The second-order valence-electron chi connectivity index (χ2n) is 13.3. The molecule has 0 bridgehead atoms. The number of rotatable bonds is 16. The van der Waals surface area contributed by atoms with E-state index in [4.69, 9.17) is 25.5 Å². The monoisotopic (exact) mass is 662 g/mol. The molecular weight excluding hydrogens is 608 g/mol. The summed E-state index contributed by atoms with van der Waals surface area (Å²) in [5.74, 6) is -0.991. The van der Waals surface area contributed by atoms with Gasteiger partial charge in [-0.3, -0.25) is 9.59 Å². The second-order valence-corrected chi connectivity index (χ2v) is 18.7. The Morgan fingerprint density at radius 1 is 1.13 bits per heavy atom. The van der Waals surface area contributed by atoms with Crippen molar-refractivity contribution in [2.24, 2.45) is 11.8 Å². The molecule has 0 aromatic carbocycles. The molecule has 1 aliphatic heterocycles. The van der Waals surface area contributed by atoms with E-state index in [9.17, 15) is 14.4 Å². The Bertz CT molecular complexity index is 1190. The van der Waals surface area contributed by atoms with E-state index < -0.39 is 20.3 Å². The summed E-state index contributed by atoms with van der Waals surface area (Å²) in [6.07, 6.45) is 17.4. The number of allylic oxidation sites excluding steroid dienone is 5. The van der Waals surface area contributed by atoms with E-state index in [0.29, 0.717) is 19.3 Å². The molecule has 2 amide bonds. The lowest BCUT2D eigenvalue weighted by Gasteiger charge is -2.39. The number of amides is 2. The van der Waals surface area contributed by atoms with Crippen LogP contribution in [0.2, 0.25) is 18.1 Å². The molecule has 8 nitrogen and oxygen atoms in total. The van der Waals surface area contributed by atoms with Crippen LogP contribution in [0.3, 0.4) is 0 Å². The molecule has 0 radical (unpaired) electrons. The second kappa shape index (κ2) is 18.9. The van der Waals surface area contributed by atoms with Gasteiger partial charge in [0.2, 0.25) is 11.8 Å². The van der Waals surface area contributed by atoms with E-state index in [2.05, 4.69) is 44.5 Å². The van der Waals surface area contributed by atoms with Crippen molar-refractivity contribution < 1.29 is 28.3 Å². The molecule has 0 saturated carbocycles. The van der Waals surface area contributed by atoms with E-state index in [0.717, 1.165) is 10.6 Å². The standard InChI is InChI=1S/C35H55ClN2O6Si/c1-24(2)32(33(40)37-22-14-16-28(19-18-27(5)36)44-45(10,11)35(6,7)8)38-31(39)17-13-12-15-25(3)23-26(4)29-20-21-30(42-9)34(41)43-29/h12-15,17-18,21-24,26,28-29,32H,16,19-20H2,1-11H3,(H,37,40)(H,38,39)/b15-12-,17-13-,22-14-,25-23+,27-18+/t26-,28-,29-,32-/m0/s1. The van der Waals surface area contributed by atoms with Gasteiger partial charge in [0, 0.05) is 23.4 Å². The first kappa shape index (κ1) is 40.1. The van der Waals surface area contributed by atoms with Crippen molar-refractivity contribution in [1.29, 1.82) is 0 Å². The van der Waals surface area contributed by atoms with E-state index in [1.165, 1.54) is 13.2 Å². The van der Waals surface area contributed by atoms with Gasteiger partial charge in [0.1, 0.15) is 12.1 Å². The summed E-state index contributed by atoms with van der Waals surface area (Å²) in [5, 5.41) is 6.40. The number of nitrogens with one attached hydrogen (secondary N) is 2. The van der Waals surface area contributed by atoms with Crippen LogP contribution in [0.15, 0.2) is 71.2 Å². The third-order valence-corrected chi connectivity index (χ3v) is 12.7. The van der Waals surface area contributed by atoms with E-state index >= 15 is 0 Å². The molecule has 1 rings (SSSR count). The third kappa shape index (κ3) is 14.8. The Morgan fingerprint density at radius 3 is 2.33 bits per heavy atom. The maximum absolute atomic E-state index is 12.9.